The van der Waals surface area contributed by atoms with Crippen molar-refractivity contribution >= 4 is 28.3 Å². The van der Waals surface area contributed by atoms with Crippen LogP contribution in [0.2, 0.25) is 0 Å². The lowest BCUT2D eigenvalue weighted by molar-refractivity contribution is -0.138. The van der Waals surface area contributed by atoms with Crippen LogP contribution in [0.5, 0.6) is 0 Å². The fourth-order valence-electron chi connectivity index (χ4n) is 1.89. The van der Waals surface area contributed by atoms with E-state index < -0.39 is 30.0 Å². The number of rotatable bonds is 5. The standard InChI is InChI=1S/C14H11F3N2O3S/c15-14(16,17)10-4-2-1-3-8(10)5-11(20)19-13-18-9(7-23-13)6-12(21)22/h1-4,7H,5-6H2,(H,21,22)(H,18,19,20). The van der Waals surface area contributed by atoms with E-state index in [9.17, 15) is 22.8 Å². The maximum atomic E-state index is 12.9. The number of nitrogens with one attached hydrogen (secondary N) is 1. The van der Waals surface area contributed by atoms with Gasteiger partial charge in [-0.2, -0.15) is 13.2 Å². The van der Waals surface area contributed by atoms with Gasteiger partial charge in [0.05, 0.1) is 24.1 Å². The second-order valence-electron chi connectivity index (χ2n) is 4.59. The number of aromatic nitrogens is 1. The van der Waals surface area contributed by atoms with Crippen molar-refractivity contribution in [2.24, 2.45) is 0 Å². The van der Waals surface area contributed by atoms with E-state index in [1.165, 1.54) is 23.6 Å². The summed E-state index contributed by atoms with van der Waals surface area (Å²) in [6, 6.07) is 4.83. The highest BCUT2D eigenvalue weighted by Gasteiger charge is 2.33. The van der Waals surface area contributed by atoms with E-state index in [0.717, 1.165) is 17.4 Å². The molecule has 2 rings (SSSR count). The van der Waals surface area contributed by atoms with Gasteiger partial charge in [-0.15, -0.1) is 11.3 Å². The molecule has 1 aromatic carbocycles. The van der Waals surface area contributed by atoms with Gasteiger partial charge >= 0.3 is 12.1 Å². The number of anilines is 1. The molecule has 0 unspecified atom stereocenters. The van der Waals surface area contributed by atoms with Gasteiger partial charge in [-0.1, -0.05) is 18.2 Å². The molecule has 122 valence electrons. The van der Waals surface area contributed by atoms with Crippen LogP contribution in [0.25, 0.3) is 0 Å². The molecule has 23 heavy (non-hydrogen) atoms. The predicted molar refractivity (Wildman–Crippen MR) is 77.2 cm³/mol. The highest BCUT2D eigenvalue weighted by molar-refractivity contribution is 7.13. The largest absolute Gasteiger partial charge is 0.481 e. The zero-order valence-corrected chi connectivity index (χ0v) is 12.4. The fraction of sp³-hybridized carbons (Fsp3) is 0.214. The maximum Gasteiger partial charge on any atom is 0.416 e. The Balaban J connectivity index is 2.06. The summed E-state index contributed by atoms with van der Waals surface area (Å²) in [4.78, 5) is 26.3. The van der Waals surface area contributed by atoms with Gasteiger partial charge in [0, 0.05) is 5.38 Å². The summed E-state index contributed by atoms with van der Waals surface area (Å²) < 4.78 is 38.6. The molecule has 0 bridgehead atoms. The number of hydrogen-bond donors (Lipinski definition) is 2. The van der Waals surface area contributed by atoms with Crippen LogP contribution in [0.3, 0.4) is 0 Å². The molecular weight excluding hydrogens is 333 g/mol. The number of carboxylic acid groups (broad SMARTS) is 1. The van der Waals surface area contributed by atoms with Crippen LogP contribution in [0.4, 0.5) is 18.3 Å². The van der Waals surface area contributed by atoms with Crippen molar-refractivity contribution in [3.05, 3.63) is 46.5 Å². The van der Waals surface area contributed by atoms with Crippen molar-refractivity contribution in [3.8, 4) is 0 Å². The van der Waals surface area contributed by atoms with Crippen LogP contribution in [-0.2, 0) is 28.6 Å². The van der Waals surface area contributed by atoms with Crippen LogP contribution in [0, 0.1) is 0 Å². The smallest absolute Gasteiger partial charge is 0.416 e. The average Bonchev–Trinajstić information content (AvgIpc) is 2.84. The number of carbonyl (C=O) groups is 2. The van der Waals surface area contributed by atoms with Crippen LogP contribution >= 0.6 is 11.3 Å². The Labute approximate surface area is 132 Å². The number of carbonyl (C=O) groups excluding carboxylic acids is 1. The van der Waals surface area contributed by atoms with Gasteiger partial charge in [0.15, 0.2) is 5.13 Å². The van der Waals surface area contributed by atoms with E-state index in [1.807, 2.05) is 0 Å². The Bertz CT molecular complexity index is 728. The molecule has 0 aliphatic carbocycles. The zero-order valence-electron chi connectivity index (χ0n) is 11.6. The molecule has 1 heterocycles. The van der Waals surface area contributed by atoms with Crippen molar-refractivity contribution < 1.29 is 27.9 Å². The molecule has 1 amide bonds. The fourth-order valence-corrected chi connectivity index (χ4v) is 2.61. The van der Waals surface area contributed by atoms with Crippen molar-refractivity contribution in [3.63, 3.8) is 0 Å². The van der Waals surface area contributed by atoms with Gasteiger partial charge in [-0.05, 0) is 11.6 Å². The number of carboxylic acids is 1. The summed E-state index contributed by atoms with van der Waals surface area (Å²) in [6.45, 7) is 0. The molecule has 5 nitrogen and oxygen atoms in total. The summed E-state index contributed by atoms with van der Waals surface area (Å²) in [7, 11) is 0. The molecule has 0 aliphatic heterocycles. The molecule has 0 spiro atoms. The van der Waals surface area contributed by atoms with Gasteiger partial charge in [0.2, 0.25) is 5.91 Å². The Morgan fingerprint density at radius 2 is 1.91 bits per heavy atom. The van der Waals surface area contributed by atoms with Crippen molar-refractivity contribution in [1.29, 1.82) is 0 Å². The summed E-state index contributed by atoms with van der Waals surface area (Å²) >= 11 is 1.01. The minimum atomic E-state index is -4.54. The highest BCUT2D eigenvalue weighted by atomic mass is 32.1. The van der Waals surface area contributed by atoms with E-state index >= 15 is 0 Å². The van der Waals surface area contributed by atoms with Gasteiger partial charge in [0.25, 0.3) is 0 Å². The lowest BCUT2D eigenvalue weighted by Crippen LogP contribution is -2.18. The highest BCUT2D eigenvalue weighted by Crippen LogP contribution is 2.32. The molecule has 2 aromatic rings. The summed E-state index contributed by atoms with van der Waals surface area (Å²) in [6.07, 6.45) is -5.28. The van der Waals surface area contributed by atoms with Gasteiger partial charge < -0.3 is 10.4 Å². The molecular formula is C14H11F3N2O3S. The molecule has 0 saturated carbocycles. The topological polar surface area (TPSA) is 79.3 Å². The third-order valence-corrected chi connectivity index (χ3v) is 3.61. The molecule has 1 aromatic heterocycles. The quantitative estimate of drug-likeness (QED) is 0.874. The van der Waals surface area contributed by atoms with E-state index in [0.29, 0.717) is 0 Å². The first-order valence-corrected chi connectivity index (χ1v) is 7.25. The second-order valence-corrected chi connectivity index (χ2v) is 5.45. The SMILES string of the molecule is O=C(O)Cc1csc(NC(=O)Cc2ccccc2C(F)(F)F)n1. The Morgan fingerprint density at radius 1 is 1.22 bits per heavy atom. The number of hydrogen-bond acceptors (Lipinski definition) is 4. The Morgan fingerprint density at radius 3 is 2.57 bits per heavy atom. The molecule has 0 saturated heterocycles. The molecule has 0 radical (unpaired) electrons. The number of alkyl halides is 3. The van der Waals surface area contributed by atoms with Crippen LogP contribution < -0.4 is 5.32 Å². The summed E-state index contributed by atoms with van der Waals surface area (Å²) in [5.41, 5.74) is -0.728. The molecule has 0 aliphatic rings. The summed E-state index contributed by atoms with van der Waals surface area (Å²) in [5.74, 6) is -1.72. The second kappa shape index (κ2) is 6.78. The monoisotopic (exact) mass is 344 g/mol. The summed E-state index contributed by atoms with van der Waals surface area (Å²) in [5, 5.41) is 12.6. The van der Waals surface area contributed by atoms with Gasteiger partial charge in [-0.25, -0.2) is 4.98 Å². The molecule has 2 N–H and O–H groups in total. The number of aliphatic carboxylic acids is 1. The number of amides is 1. The van der Waals surface area contributed by atoms with Crippen LogP contribution in [-0.4, -0.2) is 22.0 Å². The normalized spacial score (nSPS) is 11.3. The number of benzene rings is 1. The van der Waals surface area contributed by atoms with Crippen LogP contribution in [0.15, 0.2) is 29.6 Å². The molecule has 9 heteroatoms. The van der Waals surface area contributed by atoms with E-state index in [2.05, 4.69) is 10.3 Å². The Hall–Kier alpha value is -2.42. The molecule has 0 atom stereocenters. The van der Waals surface area contributed by atoms with Gasteiger partial charge in [-0.3, -0.25) is 9.59 Å². The molecule has 0 fully saturated rings. The van der Waals surface area contributed by atoms with Crippen molar-refractivity contribution in [1.82, 2.24) is 4.98 Å². The van der Waals surface area contributed by atoms with Crippen molar-refractivity contribution in [2.45, 2.75) is 19.0 Å². The lowest BCUT2D eigenvalue weighted by atomic mass is 10.0. The van der Waals surface area contributed by atoms with E-state index in [-0.39, 0.29) is 22.8 Å². The minimum Gasteiger partial charge on any atom is -0.481 e. The van der Waals surface area contributed by atoms with E-state index in [4.69, 9.17) is 5.11 Å². The average molecular weight is 344 g/mol. The number of nitrogens with zero attached hydrogens (tertiary/aromatic N) is 1. The van der Waals surface area contributed by atoms with Gasteiger partial charge in [0.1, 0.15) is 0 Å². The van der Waals surface area contributed by atoms with Crippen LogP contribution in [0.1, 0.15) is 16.8 Å². The zero-order chi connectivity index (χ0) is 17.0. The third kappa shape index (κ3) is 4.78. The van der Waals surface area contributed by atoms with Crippen molar-refractivity contribution in [2.75, 3.05) is 5.32 Å². The minimum absolute atomic E-state index is 0.139. The first kappa shape index (κ1) is 16.9. The number of halogens is 3. The lowest BCUT2D eigenvalue weighted by Gasteiger charge is -2.12. The third-order valence-electron chi connectivity index (χ3n) is 2.80. The Kier molecular flexibility index (Phi) is 4.99. The first-order chi connectivity index (χ1) is 10.8. The van der Waals surface area contributed by atoms with E-state index in [1.54, 1.807) is 0 Å². The first-order valence-electron chi connectivity index (χ1n) is 6.37. The predicted octanol–water partition coefficient (Wildman–Crippen LogP) is 2.97. The number of thiazole rings is 1. The maximum absolute atomic E-state index is 12.9.